The highest BCUT2D eigenvalue weighted by Crippen LogP contribution is 2.32. The SMILES string of the molecule is CCCS(=O)(=O)N1CCCC1c1noc(COCC)n1. The second-order valence-corrected chi connectivity index (χ2v) is 6.81. The lowest BCUT2D eigenvalue weighted by atomic mass is 10.2. The molecule has 2 heterocycles. The zero-order chi connectivity index (χ0) is 14.6. The van der Waals surface area contributed by atoms with Crippen LogP contribution in [0.5, 0.6) is 0 Å². The maximum Gasteiger partial charge on any atom is 0.252 e. The van der Waals surface area contributed by atoms with E-state index in [0.717, 1.165) is 12.8 Å². The monoisotopic (exact) mass is 303 g/mol. The topological polar surface area (TPSA) is 85.5 Å². The van der Waals surface area contributed by atoms with Crippen LogP contribution in [0.1, 0.15) is 50.9 Å². The van der Waals surface area contributed by atoms with Gasteiger partial charge in [0.05, 0.1) is 11.8 Å². The fourth-order valence-electron chi connectivity index (χ4n) is 2.36. The molecule has 1 aliphatic heterocycles. The van der Waals surface area contributed by atoms with Gasteiger partial charge in [-0.1, -0.05) is 12.1 Å². The third-order valence-electron chi connectivity index (χ3n) is 3.23. The number of rotatable bonds is 7. The maximum atomic E-state index is 12.2. The van der Waals surface area contributed by atoms with Crippen molar-refractivity contribution in [2.75, 3.05) is 18.9 Å². The molecule has 0 amide bonds. The van der Waals surface area contributed by atoms with Crippen LogP contribution in [0.25, 0.3) is 0 Å². The molecule has 0 bridgehead atoms. The largest absolute Gasteiger partial charge is 0.372 e. The lowest BCUT2D eigenvalue weighted by Gasteiger charge is -2.21. The molecule has 1 atom stereocenters. The molecular formula is C12H21N3O4S. The Balaban J connectivity index is 2.12. The Kier molecular flexibility index (Phi) is 5.11. The van der Waals surface area contributed by atoms with E-state index in [2.05, 4.69) is 10.1 Å². The molecule has 7 nitrogen and oxygen atoms in total. The zero-order valence-corrected chi connectivity index (χ0v) is 12.7. The Hall–Kier alpha value is -0.990. The second kappa shape index (κ2) is 6.64. The molecule has 0 aromatic carbocycles. The fourth-order valence-corrected chi connectivity index (χ4v) is 4.10. The van der Waals surface area contributed by atoms with Crippen molar-refractivity contribution in [3.05, 3.63) is 11.7 Å². The smallest absolute Gasteiger partial charge is 0.252 e. The Morgan fingerprint density at radius 2 is 2.25 bits per heavy atom. The van der Waals surface area contributed by atoms with E-state index in [1.54, 1.807) is 0 Å². The summed E-state index contributed by atoms with van der Waals surface area (Å²) >= 11 is 0. The molecule has 1 saturated heterocycles. The number of aromatic nitrogens is 2. The van der Waals surface area contributed by atoms with Gasteiger partial charge in [-0.15, -0.1) is 0 Å². The number of hydrogen-bond acceptors (Lipinski definition) is 6. The normalized spacial score (nSPS) is 20.6. The van der Waals surface area contributed by atoms with Gasteiger partial charge >= 0.3 is 0 Å². The van der Waals surface area contributed by atoms with Gasteiger partial charge in [0.25, 0.3) is 5.89 Å². The molecule has 1 aromatic rings. The molecule has 0 aliphatic carbocycles. The molecule has 1 fully saturated rings. The summed E-state index contributed by atoms with van der Waals surface area (Å²) in [4.78, 5) is 4.24. The second-order valence-electron chi connectivity index (χ2n) is 4.77. The quantitative estimate of drug-likeness (QED) is 0.758. The first-order valence-corrected chi connectivity index (χ1v) is 8.59. The molecule has 1 aliphatic rings. The van der Waals surface area contributed by atoms with Crippen molar-refractivity contribution < 1.29 is 17.7 Å². The van der Waals surface area contributed by atoms with Gasteiger partial charge < -0.3 is 9.26 Å². The zero-order valence-electron chi connectivity index (χ0n) is 11.9. The van der Waals surface area contributed by atoms with E-state index >= 15 is 0 Å². The molecule has 8 heteroatoms. The van der Waals surface area contributed by atoms with E-state index in [4.69, 9.17) is 9.26 Å². The van der Waals surface area contributed by atoms with E-state index in [-0.39, 0.29) is 18.4 Å². The van der Waals surface area contributed by atoms with Crippen LogP contribution in [-0.4, -0.2) is 41.8 Å². The van der Waals surface area contributed by atoms with Crippen molar-refractivity contribution in [1.82, 2.24) is 14.4 Å². The summed E-state index contributed by atoms with van der Waals surface area (Å²) in [7, 11) is -3.23. The summed E-state index contributed by atoms with van der Waals surface area (Å²) in [6.45, 7) is 5.10. The number of sulfonamides is 1. The van der Waals surface area contributed by atoms with Gasteiger partial charge in [-0.2, -0.15) is 9.29 Å². The predicted octanol–water partition coefficient (Wildman–Crippen LogP) is 1.48. The van der Waals surface area contributed by atoms with Crippen molar-refractivity contribution in [2.24, 2.45) is 0 Å². The molecule has 0 saturated carbocycles. The lowest BCUT2D eigenvalue weighted by Crippen LogP contribution is -2.33. The number of ether oxygens (including phenoxy) is 1. The summed E-state index contributed by atoms with van der Waals surface area (Å²) in [5, 5.41) is 3.90. The molecule has 0 N–H and O–H groups in total. The molecule has 1 aromatic heterocycles. The van der Waals surface area contributed by atoms with E-state index in [1.807, 2.05) is 13.8 Å². The van der Waals surface area contributed by atoms with Crippen molar-refractivity contribution in [2.45, 2.75) is 45.8 Å². The standard InChI is InChI=1S/C12H21N3O4S/c1-3-8-20(16,17)15-7-5-6-10(15)12-13-11(19-14-12)9-18-4-2/h10H,3-9H2,1-2H3. The molecule has 1 unspecified atom stereocenters. The van der Waals surface area contributed by atoms with Gasteiger partial charge in [-0.05, 0) is 26.2 Å². The van der Waals surface area contributed by atoms with Crippen LogP contribution < -0.4 is 0 Å². The molecular weight excluding hydrogens is 282 g/mol. The lowest BCUT2D eigenvalue weighted by molar-refractivity contribution is 0.109. The van der Waals surface area contributed by atoms with Gasteiger partial charge in [-0.3, -0.25) is 0 Å². The van der Waals surface area contributed by atoms with Crippen LogP contribution in [-0.2, 0) is 21.4 Å². The first-order chi connectivity index (χ1) is 9.58. The Bertz CT molecular complexity index is 529. The number of nitrogens with zero attached hydrogens (tertiary/aromatic N) is 3. The van der Waals surface area contributed by atoms with Crippen molar-refractivity contribution in [1.29, 1.82) is 0 Å². The van der Waals surface area contributed by atoms with Crippen LogP contribution >= 0.6 is 0 Å². The minimum Gasteiger partial charge on any atom is -0.372 e. The van der Waals surface area contributed by atoms with Crippen LogP contribution in [0.4, 0.5) is 0 Å². The van der Waals surface area contributed by atoms with Crippen LogP contribution in [0.15, 0.2) is 4.52 Å². The van der Waals surface area contributed by atoms with Crippen molar-refractivity contribution >= 4 is 10.0 Å². The van der Waals surface area contributed by atoms with E-state index < -0.39 is 10.0 Å². The molecule has 2 rings (SSSR count). The molecule has 0 radical (unpaired) electrons. The van der Waals surface area contributed by atoms with Gasteiger partial charge in [-0.25, -0.2) is 8.42 Å². The van der Waals surface area contributed by atoms with E-state index in [0.29, 0.717) is 31.3 Å². The highest BCUT2D eigenvalue weighted by atomic mass is 32.2. The summed E-state index contributed by atoms with van der Waals surface area (Å²) in [5.74, 6) is 0.992. The minimum absolute atomic E-state index is 0.160. The van der Waals surface area contributed by atoms with Crippen molar-refractivity contribution in [3.8, 4) is 0 Å². The summed E-state index contributed by atoms with van der Waals surface area (Å²) in [6.07, 6.45) is 2.16. The fraction of sp³-hybridized carbons (Fsp3) is 0.833. The van der Waals surface area contributed by atoms with Crippen molar-refractivity contribution in [3.63, 3.8) is 0 Å². The maximum absolute atomic E-state index is 12.2. The average molecular weight is 303 g/mol. The third kappa shape index (κ3) is 3.36. The van der Waals surface area contributed by atoms with Crippen LogP contribution in [0.3, 0.4) is 0 Å². The van der Waals surface area contributed by atoms with Gasteiger partial charge in [0.2, 0.25) is 10.0 Å². The Labute approximate surface area is 119 Å². The summed E-state index contributed by atoms with van der Waals surface area (Å²) in [6, 6.07) is -0.300. The highest BCUT2D eigenvalue weighted by Gasteiger charge is 2.37. The van der Waals surface area contributed by atoms with Crippen LogP contribution in [0.2, 0.25) is 0 Å². The van der Waals surface area contributed by atoms with Gasteiger partial charge in [0.15, 0.2) is 5.82 Å². The van der Waals surface area contributed by atoms with Gasteiger partial charge in [0, 0.05) is 13.2 Å². The minimum atomic E-state index is -3.23. The highest BCUT2D eigenvalue weighted by molar-refractivity contribution is 7.89. The average Bonchev–Trinajstić information content (AvgIpc) is 3.05. The Morgan fingerprint density at radius 3 is 2.95 bits per heavy atom. The number of hydrogen-bond donors (Lipinski definition) is 0. The summed E-state index contributed by atoms with van der Waals surface area (Å²) in [5.41, 5.74) is 0. The molecule has 114 valence electrons. The molecule has 20 heavy (non-hydrogen) atoms. The molecule has 0 spiro atoms. The van der Waals surface area contributed by atoms with Crippen LogP contribution in [0, 0.1) is 0 Å². The van der Waals surface area contributed by atoms with E-state index in [1.165, 1.54) is 4.31 Å². The summed E-state index contributed by atoms with van der Waals surface area (Å²) < 4.78 is 36.2. The Morgan fingerprint density at radius 1 is 1.45 bits per heavy atom. The first kappa shape index (κ1) is 15.4. The third-order valence-corrected chi connectivity index (χ3v) is 5.31. The van der Waals surface area contributed by atoms with Gasteiger partial charge in [0.1, 0.15) is 6.61 Å². The predicted molar refractivity (Wildman–Crippen MR) is 72.4 cm³/mol. The van der Waals surface area contributed by atoms with E-state index in [9.17, 15) is 8.42 Å². The first-order valence-electron chi connectivity index (χ1n) is 6.98.